The molecule has 5 heteroatoms. The van der Waals surface area contributed by atoms with Crippen LogP contribution in [-0.2, 0) is 11.2 Å². The van der Waals surface area contributed by atoms with Gasteiger partial charge >= 0.3 is 0 Å². The number of nitrogen functional groups attached to an aromatic ring is 1. The van der Waals surface area contributed by atoms with Crippen molar-refractivity contribution in [2.24, 2.45) is 0 Å². The van der Waals surface area contributed by atoms with Crippen molar-refractivity contribution < 1.29 is 9.18 Å². The van der Waals surface area contributed by atoms with Gasteiger partial charge in [-0.1, -0.05) is 0 Å². The summed E-state index contributed by atoms with van der Waals surface area (Å²) in [5.41, 5.74) is 9.50. The standard InChI is InChI=1S/C17H18FN3O/c1-20-16-8-11-6-7-21(13-4-2-12(19)3-5-13)17(10-22)14(11)9-15(16)18/h2-5,8-10,17,20H,6-7,19H2,1H3. The summed E-state index contributed by atoms with van der Waals surface area (Å²) in [6, 6.07) is 10.2. The van der Waals surface area contributed by atoms with Gasteiger partial charge in [0.2, 0.25) is 0 Å². The van der Waals surface area contributed by atoms with Crippen molar-refractivity contribution in [3.63, 3.8) is 0 Å². The molecule has 3 N–H and O–H groups in total. The van der Waals surface area contributed by atoms with Gasteiger partial charge in [-0.15, -0.1) is 0 Å². The van der Waals surface area contributed by atoms with Gasteiger partial charge in [0.15, 0.2) is 0 Å². The number of anilines is 3. The number of carbonyl (C=O) groups excluding carboxylic acids is 1. The predicted molar refractivity (Wildman–Crippen MR) is 86.7 cm³/mol. The van der Waals surface area contributed by atoms with Gasteiger partial charge in [-0.05, 0) is 53.9 Å². The molecule has 0 saturated carbocycles. The molecular weight excluding hydrogens is 281 g/mol. The van der Waals surface area contributed by atoms with E-state index in [4.69, 9.17) is 5.73 Å². The van der Waals surface area contributed by atoms with Gasteiger partial charge in [-0.25, -0.2) is 4.39 Å². The monoisotopic (exact) mass is 299 g/mol. The van der Waals surface area contributed by atoms with Crippen LogP contribution in [0.4, 0.5) is 21.5 Å². The molecule has 1 aliphatic rings. The van der Waals surface area contributed by atoms with E-state index in [-0.39, 0.29) is 5.82 Å². The molecule has 0 spiro atoms. The van der Waals surface area contributed by atoms with Crippen LogP contribution in [0.3, 0.4) is 0 Å². The van der Waals surface area contributed by atoms with Crippen molar-refractivity contribution >= 4 is 23.3 Å². The molecule has 0 saturated heterocycles. The van der Waals surface area contributed by atoms with E-state index in [2.05, 4.69) is 5.32 Å². The molecular formula is C17H18FN3O. The van der Waals surface area contributed by atoms with Gasteiger partial charge in [0.05, 0.1) is 5.69 Å². The van der Waals surface area contributed by atoms with Crippen molar-refractivity contribution in [1.29, 1.82) is 0 Å². The zero-order valence-electron chi connectivity index (χ0n) is 12.3. The highest BCUT2D eigenvalue weighted by Gasteiger charge is 2.28. The van der Waals surface area contributed by atoms with Gasteiger partial charge in [-0.2, -0.15) is 0 Å². The molecule has 22 heavy (non-hydrogen) atoms. The second kappa shape index (κ2) is 5.67. The van der Waals surface area contributed by atoms with Crippen LogP contribution in [0.25, 0.3) is 0 Å². The number of nitrogens with zero attached hydrogens (tertiary/aromatic N) is 1. The van der Waals surface area contributed by atoms with Crippen molar-refractivity contribution in [1.82, 2.24) is 0 Å². The Morgan fingerprint density at radius 2 is 2.05 bits per heavy atom. The average Bonchev–Trinajstić information content (AvgIpc) is 2.54. The summed E-state index contributed by atoms with van der Waals surface area (Å²) in [6.45, 7) is 0.703. The smallest absolute Gasteiger partial charge is 0.147 e. The first-order chi connectivity index (χ1) is 10.6. The minimum absolute atomic E-state index is 0.341. The summed E-state index contributed by atoms with van der Waals surface area (Å²) in [7, 11) is 1.69. The van der Waals surface area contributed by atoms with Crippen molar-refractivity contribution in [3.05, 3.63) is 53.3 Å². The van der Waals surface area contributed by atoms with E-state index in [0.717, 1.165) is 29.5 Å². The normalized spacial score (nSPS) is 17.0. The number of hydrogen-bond acceptors (Lipinski definition) is 4. The van der Waals surface area contributed by atoms with E-state index in [1.807, 2.05) is 17.0 Å². The minimum Gasteiger partial charge on any atom is -0.399 e. The van der Waals surface area contributed by atoms with Crippen LogP contribution in [0.15, 0.2) is 36.4 Å². The van der Waals surface area contributed by atoms with E-state index < -0.39 is 6.04 Å². The summed E-state index contributed by atoms with van der Waals surface area (Å²) >= 11 is 0. The Kier molecular flexibility index (Phi) is 3.71. The maximum atomic E-state index is 14.1. The molecule has 0 amide bonds. The molecule has 3 rings (SSSR count). The summed E-state index contributed by atoms with van der Waals surface area (Å²) in [5.74, 6) is -0.341. The van der Waals surface area contributed by atoms with Gasteiger partial charge in [0.25, 0.3) is 0 Å². The number of benzene rings is 2. The Bertz CT molecular complexity index is 700. The molecule has 1 heterocycles. The molecule has 1 aliphatic heterocycles. The van der Waals surface area contributed by atoms with Crippen LogP contribution in [0, 0.1) is 5.82 Å². The lowest BCUT2D eigenvalue weighted by Gasteiger charge is -2.36. The quantitative estimate of drug-likeness (QED) is 0.676. The van der Waals surface area contributed by atoms with Crippen molar-refractivity contribution in [2.75, 3.05) is 29.5 Å². The molecule has 1 atom stereocenters. The third kappa shape index (κ3) is 2.39. The number of rotatable bonds is 3. The van der Waals surface area contributed by atoms with E-state index in [1.54, 1.807) is 25.2 Å². The fourth-order valence-electron chi connectivity index (χ4n) is 2.97. The molecule has 0 aliphatic carbocycles. The molecule has 0 bridgehead atoms. The topological polar surface area (TPSA) is 58.4 Å². The van der Waals surface area contributed by atoms with Crippen LogP contribution in [0.5, 0.6) is 0 Å². The number of halogens is 1. The number of aldehydes is 1. The summed E-state index contributed by atoms with van der Waals surface area (Å²) in [6.07, 6.45) is 1.63. The highest BCUT2D eigenvalue weighted by atomic mass is 19.1. The molecule has 2 aromatic carbocycles. The molecule has 0 fully saturated rings. The lowest BCUT2D eigenvalue weighted by Crippen LogP contribution is -2.36. The Morgan fingerprint density at radius 3 is 2.68 bits per heavy atom. The van der Waals surface area contributed by atoms with Crippen LogP contribution in [0.1, 0.15) is 17.2 Å². The molecule has 114 valence electrons. The lowest BCUT2D eigenvalue weighted by atomic mass is 9.92. The van der Waals surface area contributed by atoms with E-state index in [1.165, 1.54) is 6.07 Å². The maximum absolute atomic E-state index is 14.1. The predicted octanol–water partition coefficient (Wildman–Crippen LogP) is 2.75. The highest BCUT2D eigenvalue weighted by molar-refractivity contribution is 5.73. The van der Waals surface area contributed by atoms with Gasteiger partial charge < -0.3 is 20.7 Å². The molecule has 1 unspecified atom stereocenters. The molecule has 2 aromatic rings. The number of carbonyl (C=O) groups is 1. The SMILES string of the molecule is CNc1cc2c(cc1F)C(C=O)N(c1ccc(N)cc1)CC2. The van der Waals surface area contributed by atoms with E-state index in [9.17, 15) is 9.18 Å². The molecule has 0 aromatic heterocycles. The summed E-state index contributed by atoms with van der Waals surface area (Å²) < 4.78 is 14.1. The van der Waals surface area contributed by atoms with E-state index in [0.29, 0.717) is 17.9 Å². The highest BCUT2D eigenvalue weighted by Crippen LogP contribution is 2.35. The maximum Gasteiger partial charge on any atom is 0.147 e. The average molecular weight is 299 g/mol. The fraction of sp³-hybridized carbons (Fsp3) is 0.235. The van der Waals surface area contributed by atoms with Crippen molar-refractivity contribution in [2.45, 2.75) is 12.5 Å². The van der Waals surface area contributed by atoms with Crippen molar-refractivity contribution in [3.8, 4) is 0 Å². The van der Waals surface area contributed by atoms with Crippen LogP contribution in [-0.4, -0.2) is 19.9 Å². The Labute approximate surface area is 128 Å². The molecule has 4 nitrogen and oxygen atoms in total. The van der Waals surface area contributed by atoms with Gasteiger partial charge in [-0.3, -0.25) is 0 Å². The summed E-state index contributed by atoms with van der Waals surface area (Å²) in [5, 5.41) is 2.84. The zero-order chi connectivity index (χ0) is 15.7. The Morgan fingerprint density at radius 1 is 1.32 bits per heavy atom. The molecule has 0 radical (unpaired) electrons. The number of nitrogens with one attached hydrogen (secondary N) is 1. The minimum atomic E-state index is -0.479. The largest absolute Gasteiger partial charge is 0.399 e. The number of nitrogens with two attached hydrogens (primary N) is 1. The van der Waals surface area contributed by atoms with Crippen LogP contribution < -0.4 is 16.0 Å². The van der Waals surface area contributed by atoms with E-state index >= 15 is 0 Å². The zero-order valence-corrected chi connectivity index (χ0v) is 12.3. The first-order valence-electron chi connectivity index (χ1n) is 7.21. The van der Waals surface area contributed by atoms with Gasteiger partial charge in [0, 0.05) is 25.0 Å². The third-order valence-electron chi connectivity index (χ3n) is 4.13. The lowest BCUT2D eigenvalue weighted by molar-refractivity contribution is -0.109. The van der Waals surface area contributed by atoms with Crippen LogP contribution in [0.2, 0.25) is 0 Å². The second-order valence-corrected chi connectivity index (χ2v) is 5.40. The second-order valence-electron chi connectivity index (χ2n) is 5.40. The number of fused-ring (bicyclic) bond motifs is 1. The first-order valence-corrected chi connectivity index (χ1v) is 7.21. The Balaban J connectivity index is 2.02. The number of hydrogen-bond donors (Lipinski definition) is 2. The van der Waals surface area contributed by atoms with Crippen LogP contribution >= 0.6 is 0 Å². The first kappa shape index (κ1) is 14.4. The van der Waals surface area contributed by atoms with Gasteiger partial charge in [0.1, 0.15) is 18.1 Å². The summed E-state index contributed by atoms with van der Waals surface area (Å²) in [4.78, 5) is 13.6. The Hall–Kier alpha value is -2.56. The third-order valence-corrected chi connectivity index (χ3v) is 4.13. The fourth-order valence-corrected chi connectivity index (χ4v) is 2.97.